The van der Waals surface area contributed by atoms with Crippen LogP contribution in [0.15, 0.2) is 46.6 Å². The highest BCUT2D eigenvalue weighted by molar-refractivity contribution is 7.13. The normalized spacial score (nSPS) is 11.1. The molecular formula is C17H13N5O2S. The van der Waals surface area contributed by atoms with Crippen molar-refractivity contribution in [2.24, 2.45) is 5.73 Å². The van der Waals surface area contributed by atoms with Gasteiger partial charge in [0.15, 0.2) is 17.2 Å². The largest absolute Gasteiger partial charge is 0.364 e. The smallest absolute Gasteiger partial charge is 0.332 e. The van der Waals surface area contributed by atoms with Gasteiger partial charge in [0.2, 0.25) is 0 Å². The van der Waals surface area contributed by atoms with Crippen molar-refractivity contribution in [3.05, 3.63) is 63.5 Å². The molecule has 0 aliphatic carbocycles. The molecule has 25 heavy (non-hydrogen) atoms. The number of aromatic nitrogens is 4. The average Bonchev–Trinajstić information content (AvgIpc) is 3.16. The number of nitrogens with one attached hydrogen (secondary N) is 1. The zero-order valence-corrected chi connectivity index (χ0v) is 14.0. The molecule has 0 saturated heterocycles. The average molecular weight is 351 g/mol. The predicted molar refractivity (Wildman–Crippen MR) is 96.1 cm³/mol. The number of fused-ring (bicyclic) bond motifs is 1. The Kier molecular flexibility index (Phi) is 3.47. The van der Waals surface area contributed by atoms with Gasteiger partial charge in [-0.05, 0) is 36.1 Å². The van der Waals surface area contributed by atoms with Crippen LogP contribution in [0.1, 0.15) is 16.1 Å². The van der Waals surface area contributed by atoms with Gasteiger partial charge in [-0.15, -0.1) is 11.3 Å². The van der Waals surface area contributed by atoms with E-state index in [0.717, 1.165) is 10.4 Å². The van der Waals surface area contributed by atoms with Crippen molar-refractivity contribution in [2.45, 2.75) is 6.92 Å². The Labute approximate surface area is 145 Å². The van der Waals surface area contributed by atoms with Gasteiger partial charge in [-0.3, -0.25) is 4.79 Å². The number of hydrogen-bond acceptors (Lipinski definition) is 5. The van der Waals surface area contributed by atoms with Gasteiger partial charge in [-0.2, -0.15) is 0 Å². The minimum absolute atomic E-state index is 0.000388. The van der Waals surface area contributed by atoms with Crippen molar-refractivity contribution >= 4 is 28.4 Å². The summed E-state index contributed by atoms with van der Waals surface area (Å²) >= 11 is 1.47. The first kappa shape index (κ1) is 15.3. The lowest BCUT2D eigenvalue weighted by Gasteiger charge is -2.06. The summed E-state index contributed by atoms with van der Waals surface area (Å²) in [6.45, 7) is 1.94. The predicted octanol–water partition coefficient (Wildman–Crippen LogP) is 2.24. The van der Waals surface area contributed by atoms with Gasteiger partial charge in [-0.1, -0.05) is 18.2 Å². The maximum atomic E-state index is 12.5. The van der Waals surface area contributed by atoms with Crippen molar-refractivity contribution in [1.82, 2.24) is 19.5 Å². The second-order valence-corrected chi connectivity index (χ2v) is 6.41. The van der Waals surface area contributed by atoms with Gasteiger partial charge in [0.1, 0.15) is 5.52 Å². The molecule has 0 bridgehead atoms. The summed E-state index contributed by atoms with van der Waals surface area (Å²) in [4.78, 5) is 36.7. The number of aromatic amines is 1. The van der Waals surface area contributed by atoms with E-state index < -0.39 is 11.6 Å². The molecule has 7 nitrogen and oxygen atoms in total. The second kappa shape index (κ2) is 5.67. The highest BCUT2D eigenvalue weighted by Crippen LogP contribution is 2.28. The van der Waals surface area contributed by atoms with Crippen molar-refractivity contribution < 1.29 is 4.79 Å². The summed E-state index contributed by atoms with van der Waals surface area (Å²) in [5.41, 5.74) is 7.26. The molecule has 0 unspecified atom stereocenters. The molecular weight excluding hydrogens is 338 g/mol. The van der Waals surface area contributed by atoms with Crippen LogP contribution in [0.4, 0.5) is 0 Å². The Morgan fingerprint density at radius 2 is 1.96 bits per heavy atom. The molecule has 0 saturated carbocycles. The number of nitrogens with two attached hydrogens (primary N) is 1. The van der Waals surface area contributed by atoms with Gasteiger partial charge in [0.25, 0.3) is 5.91 Å². The molecule has 0 fully saturated rings. The van der Waals surface area contributed by atoms with E-state index in [9.17, 15) is 9.59 Å². The number of imidazole rings is 1. The van der Waals surface area contributed by atoms with E-state index in [4.69, 9.17) is 5.73 Å². The fourth-order valence-corrected chi connectivity index (χ4v) is 3.54. The van der Waals surface area contributed by atoms with E-state index in [0.29, 0.717) is 17.2 Å². The molecule has 124 valence electrons. The van der Waals surface area contributed by atoms with E-state index in [1.807, 2.05) is 36.6 Å². The Morgan fingerprint density at radius 1 is 1.20 bits per heavy atom. The van der Waals surface area contributed by atoms with E-state index >= 15 is 0 Å². The van der Waals surface area contributed by atoms with Crippen LogP contribution in [0.5, 0.6) is 0 Å². The molecule has 4 aromatic rings. The van der Waals surface area contributed by atoms with E-state index in [1.165, 1.54) is 15.9 Å². The highest BCUT2D eigenvalue weighted by atomic mass is 32.1. The molecule has 0 atom stereocenters. The van der Waals surface area contributed by atoms with Gasteiger partial charge in [0, 0.05) is 0 Å². The van der Waals surface area contributed by atoms with E-state index in [2.05, 4.69) is 15.0 Å². The summed E-state index contributed by atoms with van der Waals surface area (Å²) < 4.78 is 1.41. The van der Waals surface area contributed by atoms with Crippen LogP contribution in [0.2, 0.25) is 0 Å². The molecule has 4 rings (SSSR count). The Morgan fingerprint density at radius 3 is 2.60 bits per heavy atom. The zero-order chi connectivity index (χ0) is 17.6. The van der Waals surface area contributed by atoms with Crippen molar-refractivity contribution in [3.8, 4) is 16.4 Å². The number of aryl methyl sites for hydroxylation is 1. The molecule has 0 spiro atoms. The molecule has 0 aliphatic heterocycles. The van der Waals surface area contributed by atoms with Crippen LogP contribution in [-0.2, 0) is 0 Å². The number of para-hydroxylation sites is 1. The molecule has 8 heteroatoms. The standard InChI is InChI=1S/C17H13N5O2S/c1-9-7-8-25-13(9)15-19-11(14(18)23)12-16(21-15)22(17(24)20-12)10-5-3-2-4-6-10/h2-8H,1H3,(H2,18,23)(H,20,24). The first-order valence-corrected chi connectivity index (χ1v) is 8.36. The van der Waals surface area contributed by atoms with Crippen LogP contribution in [-0.4, -0.2) is 25.4 Å². The first-order valence-electron chi connectivity index (χ1n) is 7.48. The van der Waals surface area contributed by atoms with Crippen LogP contribution in [0, 0.1) is 6.92 Å². The number of amides is 1. The molecule has 3 heterocycles. The third-order valence-electron chi connectivity index (χ3n) is 3.85. The number of thiophene rings is 1. The van der Waals surface area contributed by atoms with Gasteiger partial charge in [-0.25, -0.2) is 19.3 Å². The molecule has 3 N–H and O–H groups in total. The van der Waals surface area contributed by atoms with E-state index in [-0.39, 0.29) is 11.2 Å². The Balaban J connectivity index is 2.11. The number of benzene rings is 1. The minimum atomic E-state index is -0.718. The lowest BCUT2D eigenvalue weighted by molar-refractivity contribution is 0.0997. The number of H-pyrrole nitrogens is 1. The molecule has 3 aromatic heterocycles. The van der Waals surface area contributed by atoms with Crippen molar-refractivity contribution in [1.29, 1.82) is 0 Å². The Hall–Kier alpha value is -3.26. The summed E-state index contributed by atoms with van der Waals surface area (Å²) in [6.07, 6.45) is 0. The van der Waals surface area contributed by atoms with Crippen LogP contribution in [0.3, 0.4) is 0 Å². The first-order chi connectivity index (χ1) is 12.1. The lowest BCUT2D eigenvalue weighted by atomic mass is 10.2. The van der Waals surface area contributed by atoms with Crippen LogP contribution in [0.25, 0.3) is 27.6 Å². The topological polar surface area (TPSA) is 107 Å². The number of carbonyl (C=O) groups is 1. The number of nitrogens with zero attached hydrogens (tertiary/aromatic N) is 3. The third-order valence-corrected chi connectivity index (χ3v) is 4.86. The molecule has 0 aliphatic rings. The molecule has 1 amide bonds. The number of primary amides is 1. The third kappa shape index (κ3) is 2.43. The fourth-order valence-electron chi connectivity index (χ4n) is 2.68. The van der Waals surface area contributed by atoms with Crippen molar-refractivity contribution in [3.63, 3.8) is 0 Å². The summed E-state index contributed by atoms with van der Waals surface area (Å²) in [7, 11) is 0. The second-order valence-electron chi connectivity index (χ2n) is 5.49. The monoisotopic (exact) mass is 351 g/mol. The molecule has 1 aromatic carbocycles. The van der Waals surface area contributed by atoms with Gasteiger partial charge >= 0.3 is 5.69 Å². The maximum Gasteiger partial charge on any atom is 0.332 e. The van der Waals surface area contributed by atoms with Crippen LogP contribution < -0.4 is 11.4 Å². The summed E-state index contributed by atoms with van der Waals surface area (Å²) in [6, 6.07) is 11.0. The minimum Gasteiger partial charge on any atom is -0.364 e. The van der Waals surface area contributed by atoms with Gasteiger partial charge < -0.3 is 10.7 Å². The fraction of sp³-hybridized carbons (Fsp3) is 0.0588. The summed E-state index contributed by atoms with van der Waals surface area (Å²) in [5, 5.41) is 1.92. The summed E-state index contributed by atoms with van der Waals surface area (Å²) in [5.74, 6) is -0.346. The lowest BCUT2D eigenvalue weighted by Crippen LogP contribution is -2.15. The maximum absolute atomic E-state index is 12.5. The highest BCUT2D eigenvalue weighted by Gasteiger charge is 2.21. The van der Waals surface area contributed by atoms with Gasteiger partial charge in [0.05, 0.1) is 10.6 Å². The Bertz CT molecular complexity index is 1160. The number of rotatable bonds is 3. The SMILES string of the molecule is Cc1ccsc1-c1nc(C(N)=O)c2[nH]c(=O)n(-c3ccccc3)c2n1. The number of hydrogen-bond donors (Lipinski definition) is 2. The van der Waals surface area contributed by atoms with Crippen LogP contribution >= 0.6 is 11.3 Å². The molecule has 0 radical (unpaired) electrons. The van der Waals surface area contributed by atoms with Crippen molar-refractivity contribution in [2.75, 3.05) is 0 Å². The van der Waals surface area contributed by atoms with E-state index in [1.54, 1.807) is 12.1 Å². The zero-order valence-electron chi connectivity index (χ0n) is 13.2. The number of carbonyl (C=O) groups excluding carboxylic acids is 1. The quantitative estimate of drug-likeness (QED) is 0.590.